The molecule has 2 aromatic rings. The highest BCUT2D eigenvalue weighted by Crippen LogP contribution is 2.19. The van der Waals surface area contributed by atoms with Crippen molar-refractivity contribution in [2.24, 2.45) is 0 Å². The van der Waals surface area contributed by atoms with E-state index in [-0.39, 0.29) is 11.9 Å². The number of hydrogen-bond acceptors (Lipinski definition) is 2. The van der Waals surface area contributed by atoms with Gasteiger partial charge in [0.05, 0.1) is 17.9 Å². The summed E-state index contributed by atoms with van der Waals surface area (Å²) in [4.78, 5) is 12.2. The van der Waals surface area contributed by atoms with E-state index >= 15 is 0 Å². The van der Waals surface area contributed by atoms with Crippen LogP contribution in [0.15, 0.2) is 47.1 Å². The molecule has 0 spiro atoms. The van der Waals surface area contributed by atoms with Gasteiger partial charge in [0.1, 0.15) is 5.76 Å². The van der Waals surface area contributed by atoms with E-state index in [9.17, 15) is 4.79 Å². The summed E-state index contributed by atoms with van der Waals surface area (Å²) in [5.74, 6) is 0.578. The Kier molecular flexibility index (Phi) is 4.39. The van der Waals surface area contributed by atoms with Crippen molar-refractivity contribution in [3.63, 3.8) is 0 Å². The minimum atomic E-state index is -0.0754. The van der Waals surface area contributed by atoms with Crippen molar-refractivity contribution in [3.05, 3.63) is 59.5 Å². The molecule has 0 saturated carbocycles. The molecule has 1 aromatic heterocycles. The molecule has 100 valence electrons. The Bertz CT molecular complexity index is 531. The molecule has 1 N–H and O–H groups in total. The van der Waals surface area contributed by atoms with Gasteiger partial charge in [0, 0.05) is 0 Å². The third-order valence-corrected chi connectivity index (χ3v) is 3.19. The summed E-state index contributed by atoms with van der Waals surface area (Å²) in [6.45, 7) is 3.91. The molecule has 1 atom stereocenters. The van der Waals surface area contributed by atoms with Gasteiger partial charge < -0.3 is 9.73 Å². The molecule has 1 amide bonds. The predicted molar refractivity (Wildman–Crippen MR) is 75.0 cm³/mol. The fourth-order valence-electron chi connectivity index (χ4n) is 2.15. The van der Waals surface area contributed by atoms with Crippen LogP contribution in [0.25, 0.3) is 0 Å². The maximum Gasteiger partial charge on any atom is 0.255 e. The normalized spacial score (nSPS) is 12.1. The molecule has 0 unspecified atom stereocenters. The lowest BCUT2D eigenvalue weighted by molar-refractivity contribution is 0.0933. The summed E-state index contributed by atoms with van der Waals surface area (Å²) in [6, 6.07) is 11.8. The zero-order valence-corrected chi connectivity index (χ0v) is 11.3. The molecule has 0 bridgehead atoms. The molecular weight excluding hydrogens is 238 g/mol. The maximum absolute atomic E-state index is 12.2. The van der Waals surface area contributed by atoms with E-state index in [4.69, 9.17) is 4.42 Å². The average molecular weight is 257 g/mol. The molecule has 0 aliphatic rings. The topological polar surface area (TPSA) is 42.2 Å². The first-order valence-corrected chi connectivity index (χ1v) is 6.62. The van der Waals surface area contributed by atoms with Gasteiger partial charge in [-0.05, 0) is 25.0 Å². The first-order valence-electron chi connectivity index (χ1n) is 6.62. The molecule has 1 aromatic carbocycles. The molecule has 3 nitrogen and oxygen atoms in total. The van der Waals surface area contributed by atoms with Gasteiger partial charge in [0.2, 0.25) is 0 Å². The molecule has 19 heavy (non-hydrogen) atoms. The van der Waals surface area contributed by atoms with Gasteiger partial charge in [-0.2, -0.15) is 0 Å². The number of hydrogen-bond donors (Lipinski definition) is 1. The van der Waals surface area contributed by atoms with Crippen LogP contribution in [-0.4, -0.2) is 5.91 Å². The van der Waals surface area contributed by atoms with Crippen LogP contribution in [-0.2, 0) is 0 Å². The van der Waals surface area contributed by atoms with Gasteiger partial charge >= 0.3 is 0 Å². The minimum absolute atomic E-state index is 0.0491. The van der Waals surface area contributed by atoms with Crippen LogP contribution in [0.5, 0.6) is 0 Å². The SMILES string of the molecule is CCC[C@H](NC(=O)c1ccoc1C)c1ccccc1. The molecule has 2 rings (SSSR count). The summed E-state index contributed by atoms with van der Waals surface area (Å²) < 4.78 is 5.17. The van der Waals surface area contributed by atoms with E-state index in [1.165, 1.54) is 0 Å². The molecule has 0 radical (unpaired) electrons. The first kappa shape index (κ1) is 13.4. The average Bonchev–Trinajstić information content (AvgIpc) is 2.85. The van der Waals surface area contributed by atoms with Crippen molar-refractivity contribution in [2.45, 2.75) is 32.7 Å². The van der Waals surface area contributed by atoms with Crippen molar-refractivity contribution in [1.82, 2.24) is 5.32 Å². The Morgan fingerprint density at radius 3 is 2.58 bits per heavy atom. The zero-order chi connectivity index (χ0) is 13.7. The van der Waals surface area contributed by atoms with Crippen LogP contribution in [0.1, 0.15) is 47.5 Å². The van der Waals surface area contributed by atoms with Crippen molar-refractivity contribution in [3.8, 4) is 0 Å². The highest BCUT2D eigenvalue weighted by molar-refractivity contribution is 5.95. The minimum Gasteiger partial charge on any atom is -0.469 e. The number of amides is 1. The summed E-state index contributed by atoms with van der Waals surface area (Å²) in [5.41, 5.74) is 1.75. The van der Waals surface area contributed by atoms with Crippen LogP contribution in [0.3, 0.4) is 0 Å². The van der Waals surface area contributed by atoms with Crippen molar-refractivity contribution < 1.29 is 9.21 Å². The summed E-state index contributed by atoms with van der Waals surface area (Å²) >= 11 is 0. The lowest BCUT2D eigenvalue weighted by Gasteiger charge is -2.18. The monoisotopic (exact) mass is 257 g/mol. The fraction of sp³-hybridized carbons (Fsp3) is 0.312. The van der Waals surface area contributed by atoms with Gasteiger partial charge in [-0.15, -0.1) is 0 Å². The number of rotatable bonds is 5. The molecule has 1 heterocycles. The number of nitrogens with one attached hydrogen (secondary N) is 1. The second kappa shape index (κ2) is 6.23. The van der Waals surface area contributed by atoms with Crippen LogP contribution in [0.4, 0.5) is 0 Å². The van der Waals surface area contributed by atoms with E-state index < -0.39 is 0 Å². The van der Waals surface area contributed by atoms with Crippen LogP contribution >= 0.6 is 0 Å². The van der Waals surface area contributed by atoms with Crippen LogP contribution < -0.4 is 5.32 Å². The lowest BCUT2D eigenvalue weighted by atomic mass is 10.0. The largest absolute Gasteiger partial charge is 0.469 e. The highest BCUT2D eigenvalue weighted by Gasteiger charge is 2.17. The molecular formula is C16H19NO2. The second-order valence-electron chi connectivity index (χ2n) is 4.62. The van der Waals surface area contributed by atoms with E-state index in [0.29, 0.717) is 11.3 Å². The number of furan rings is 1. The molecule has 0 aliphatic heterocycles. The van der Waals surface area contributed by atoms with E-state index in [0.717, 1.165) is 18.4 Å². The Morgan fingerprint density at radius 1 is 1.26 bits per heavy atom. The Morgan fingerprint density at radius 2 is 2.00 bits per heavy atom. The first-order chi connectivity index (χ1) is 9.22. The third-order valence-electron chi connectivity index (χ3n) is 3.19. The predicted octanol–water partition coefficient (Wildman–Crippen LogP) is 3.86. The maximum atomic E-state index is 12.2. The molecule has 0 fully saturated rings. The van der Waals surface area contributed by atoms with Gasteiger partial charge in [-0.1, -0.05) is 43.7 Å². The fourth-order valence-corrected chi connectivity index (χ4v) is 2.15. The summed E-state index contributed by atoms with van der Waals surface area (Å²) in [6.07, 6.45) is 3.48. The van der Waals surface area contributed by atoms with Crippen molar-refractivity contribution >= 4 is 5.91 Å². The summed E-state index contributed by atoms with van der Waals surface area (Å²) in [7, 11) is 0. The van der Waals surface area contributed by atoms with Gasteiger partial charge in [-0.3, -0.25) is 4.79 Å². The van der Waals surface area contributed by atoms with E-state index in [2.05, 4.69) is 12.2 Å². The molecule has 3 heteroatoms. The lowest BCUT2D eigenvalue weighted by Crippen LogP contribution is -2.28. The Hall–Kier alpha value is -2.03. The standard InChI is InChI=1S/C16H19NO2/c1-3-7-15(13-8-5-4-6-9-13)17-16(18)14-10-11-19-12(14)2/h4-6,8-11,15H,3,7H2,1-2H3,(H,17,18)/t15-/m0/s1. The van der Waals surface area contributed by atoms with Crippen molar-refractivity contribution in [1.29, 1.82) is 0 Å². The number of aryl methyl sites for hydroxylation is 1. The third kappa shape index (κ3) is 3.25. The van der Waals surface area contributed by atoms with Gasteiger partial charge in [0.25, 0.3) is 5.91 Å². The quantitative estimate of drug-likeness (QED) is 0.883. The van der Waals surface area contributed by atoms with E-state index in [1.54, 1.807) is 19.3 Å². The van der Waals surface area contributed by atoms with Gasteiger partial charge in [0.15, 0.2) is 0 Å². The smallest absolute Gasteiger partial charge is 0.255 e. The zero-order valence-electron chi connectivity index (χ0n) is 11.3. The van der Waals surface area contributed by atoms with Crippen molar-refractivity contribution in [2.75, 3.05) is 0 Å². The number of benzene rings is 1. The van der Waals surface area contributed by atoms with E-state index in [1.807, 2.05) is 30.3 Å². The second-order valence-corrected chi connectivity index (χ2v) is 4.62. The summed E-state index contributed by atoms with van der Waals surface area (Å²) in [5, 5.41) is 3.08. The van der Waals surface area contributed by atoms with Crippen LogP contribution in [0.2, 0.25) is 0 Å². The molecule has 0 saturated heterocycles. The van der Waals surface area contributed by atoms with Gasteiger partial charge in [-0.25, -0.2) is 0 Å². The highest BCUT2D eigenvalue weighted by atomic mass is 16.3. The number of carbonyl (C=O) groups is 1. The Labute approximate surface area is 113 Å². The van der Waals surface area contributed by atoms with Crippen LogP contribution in [0, 0.1) is 6.92 Å². The Balaban J connectivity index is 2.14. The number of carbonyl (C=O) groups excluding carboxylic acids is 1. The molecule has 0 aliphatic carbocycles.